The second-order valence-corrected chi connectivity index (χ2v) is 6.29. The molecule has 0 aromatic carbocycles. The molecule has 21 heavy (non-hydrogen) atoms. The van der Waals surface area contributed by atoms with Crippen molar-refractivity contribution in [2.24, 2.45) is 5.92 Å². The van der Waals surface area contributed by atoms with E-state index >= 15 is 0 Å². The lowest BCUT2D eigenvalue weighted by atomic mass is 9.87. The zero-order valence-corrected chi connectivity index (χ0v) is 12.9. The highest BCUT2D eigenvalue weighted by molar-refractivity contribution is 5.30. The van der Waals surface area contributed by atoms with Gasteiger partial charge in [-0.3, -0.25) is 0 Å². The normalized spacial score (nSPS) is 26.8. The number of ether oxygens (including phenoxy) is 1. The monoisotopic (exact) mass is 290 g/mol. The van der Waals surface area contributed by atoms with Crippen molar-refractivity contribution < 1.29 is 4.74 Å². The molecule has 0 unspecified atom stereocenters. The molecular weight excluding hydrogens is 264 g/mol. The Balaban J connectivity index is 1.53. The fourth-order valence-corrected chi connectivity index (χ4v) is 3.11. The Kier molecular flexibility index (Phi) is 5.04. The Morgan fingerprint density at radius 3 is 2.76 bits per heavy atom. The van der Waals surface area contributed by atoms with Crippen molar-refractivity contribution in [2.45, 2.75) is 45.2 Å². The van der Waals surface area contributed by atoms with Gasteiger partial charge in [-0.2, -0.15) is 0 Å². The van der Waals surface area contributed by atoms with Crippen LogP contribution in [0.1, 0.15) is 38.3 Å². The van der Waals surface area contributed by atoms with Gasteiger partial charge in [0.1, 0.15) is 0 Å². The van der Waals surface area contributed by atoms with Crippen LogP contribution in [0.5, 0.6) is 0 Å². The van der Waals surface area contributed by atoms with Gasteiger partial charge >= 0.3 is 0 Å². The summed E-state index contributed by atoms with van der Waals surface area (Å²) in [4.78, 5) is 11.3. The van der Waals surface area contributed by atoms with Crippen molar-refractivity contribution in [3.8, 4) is 0 Å². The molecule has 1 aromatic rings. The molecule has 5 heteroatoms. The molecule has 1 aliphatic heterocycles. The summed E-state index contributed by atoms with van der Waals surface area (Å²) < 4.78 is 5.38. The van der Waals surface area contributed by atoms with E-state index in [2.05, 4.69) is 22.1 Å². The van der Waals surface area contributed by atoms with Gasteiger partial charge in [0.15, 0.2) is 0 Å². The van der Waals surface area contributed by atoms with Crippen molar-refractivity contribution in [1.29, 1.82) is 0 Å². The maximum atomic E-state index is 5.38. The highest BCUT2D eigenvalue weighted by Gasteiger charge is 2.18. The van der Waals surface area contributed by atoms with Crippen molar-refractivity contribution in [3.05, 3.63) is 18.0 Å². The number of nitrogens with zero attached hydrogens (tertiary/aromatic N) is 3. The summed E-state index contributed by atoms with van der Waals surface area (Å²) in [6.45, 7) is 6.52. The molecule has 0 radical (unpaired) electrons. The summed E-state index contributed by atoms with van der Waals surface area (Å²) in [7, 11) is 0. The summed E-state index contributed by atoms with van der Waals surface area (Å²) >= 11 is 0. The third-order valence-electron chi connectivity index (χ3n) is 4.58. The van der Waals surface area contributed by atoms with E-state index in [4.69, 9.17) is 9.72 Å². The zero-order valence-electron chi connectivity index (χ0n) is 12.9. The number of hydrogen-bond acceptors (Lipinski definition) is 5. The molecule has 116 valence electrons. The Morgan fingerprint density at radius 1 is 1.24 bits per heavy atom. The number of hydrogen-bond donors (Lipinski definition) is 1. The first-order valence-electron chi connectivity index (χ1n) is 8.19. The van der Waals surface area contributed by atoms with Crippen LogP contribution in [0.25, 0.3) is 0 Å². The Morgan fingerprint density at radius 2 is 2.00 bits per heavy atom. The highest BCUT2D eigenvalue weighted by atomic mass is 16.5. The van der Waals surface area contributed by atoms with Gasteiger partial charge in [0.05, 0.1) is 18.9 Å². The van der Waals surface area contributed by atoms with E-state index in [1.165, 1.54) is 25.7 Å². The molecule has 2 fully saturated rings. The van der Waals surface area contributed by atoms with Gasteiger partial charge < -0.3 is 15.0 Å². The van der Waals surface area contributed by atoms with Crippen molar-refractivity contribution in [3.63, 3.8) is 0 Å². The number of rotatable bonds is 4. The Hall–Kier alpha value is -1.20. The predicted molar refractivity (Wildman–Crippen MR) is 83.3 cm³/mol. The number of nitrogens with one attached hydrogen (secondary N) is 1. The fourth-order valence-electron chi connectivity index (χ4n) is 3.11. The average molecular weight is 290 g/mol. The van der Waals surface area contributed by atoms with Crippen LogP contribution in [0, 0.1) is 5.92 Å². The van der Waals surface area contributed by atoms with Crippen LogP contribution in [0.2, 0.25) is 0 Å². The van der Waals surface area contributed by atoms with Crippen molar-refractivity contribution >= 4 is 5.95 Å². The van der Waals surface area contributed by atoms with Gasteiger partial charge in [-0.05, 0) is 37.7 Å². The molecule has 1 saturated carbocycles. The number of anilines is 1. The standard InChI is InChI=1S/C16H26N4O/c1-13-2-4-14(5-3-13)18-12-15-6-7-17-16(19-15)20-8-10-21-11-9-20/h6-7,13-14,18H,2-5,8-12H2,1H3. The highest BCUT2D eigenvalue weighted by Crippen LogP contribution is 2.23. The molecule has 1 aromatic heterocycles. The minimum absolute atomic E-state index is 0.656. The molecule has 2 heterocycles. The molecule has 5 nitrogen and oxygen atoms in total. The molecule has 3 rings (SSSR count). The molecule has 1 aliphatic carbocycles. The van der Waals surface area contributed by atoms with Crippen LogP contribution in [0.4, 0.5) is 5.95 Å². The lowest BCUT2D eigenvalue weighted by Crippen LogP contribution is -2.37. The van der Waals surface area contributed by atoms with Crippen LogP contribution in [0.15, 0.2) is 12.3 Å². The average Bonchev–Trinajstić information content (AvgIpc) is 2.55. The Bertz CT molecular complexity index is 440. The third kappa shape index (κ3) is 4.14. The van der Waals surface area contributed by atoms with Crippen LogP contribution >= 0.6 is 0 Å². The summed E-state index contributed by atoms with van der Waals surface area (Å²) in [6, 6.07) is 2.67. The maximum absolute atomic E-state index is 5.38. The minimum atomic E-state index is 0.656. The summed E-state index contributed by atoms with van der Waals surface area (Å²) in [5.74, 6) is 1.74. The number of aromatic nitrogens is 2. The van der Waals surface area contributed by atoms with Gasteiger partial charge in [0, 0.05) is 31.9 Å². The quantitative estimate of drug-likeness (QED) is 0.919. The third-order valence-corrected chi connectivity index (χ3v) is 4.58. The van der Waals surface area contributed by atoms with E-state index in [-0.39, 0.29) is 0 Å². The largest absolute Gasteiger partial charge is 0.378 e. The molecule has 1 N–H and O–H groups in total. The smallest absolute Gasteiger partial charge is 0.225 e. The van der Waals surface area contributed by atoms with Crippen LogP contribution in [-0.2, 0) is 11.3 Å². The van der Waals surface area contributed by atoms with E-state index < -0.39 is 0 Å². The number of morpholine rings is 1. The lowest BCUT2D eigenvalue weighted by Gasteiger charge is -2.28. The van der Waals surface area contributed by atoms with E-state index in [0.29, 0.717) is 6.04 Å². The molecule has 0 spiro atoms. The van der Waals surface area contributed by atoms with E-state index in [9.17, 15) is 0 Å². The molecule has 0 bridgehead atoms. The minimum Gasteiger partial charge on any atom is -0.378 e. The van der Waals surface area contributed by atoms with Crippen LogP contribution in [-0.4, -0.2) is 42.3 Å². The van der Waals surface area contributed by atoms with Gasteiger partial charge in [0.25, 0.3) is 0 Å². The molecule has 1 saturated heterocycles. The molecular formula is C16H26N4O. The van der Waals surface area contributed by atoms with E-state index in [1.807, 2.05) is 12.3 Å². The van der Waals surface area contributed by atoms with Gasteiger partial charge in [-0.1, -0.05) is 6.92 Å². The molecule has 0 amide bonds. The molecule has 0 atom stereocenters. The topological polar surface area (TPSA) is 50.3 Å². The first kappa shape index (κ1) is 14.7. The van der Waals surface area contributed by atoms with Gasteiger partial charge in [-0.25, -0.2) is 9.97 Å². The second kappa shape index (κ2) is 7.18. The van der Waals surface area contributed by atoms with Crippen molar-refractivity contribution in [1.82, 2.24) is 15.3 Å². The van der Waals surface area contributed by atoms with E-state index in [0.717, 1.165) is 50.4 Å². The summed E-state index contributed by atoms with van der Waals surface area (Å²) in [5, 5.41) is 3.66. The van der Waals surface area contributed by atoms with Gasteiger partial charge in [0.2, 0.25) is 5.95 Å². The second-order valence-electron chi connectivity index (χ2n) is 6.29. The van der Waals surface area contributed by atoms with Crippen molar-refractivity contribution in [2.75, 3.05) is 31.2 Å². The SMILES string of the molecule is CC1CCC(NCc2ccnc(N3CCOCC3)n2)CC1. The lowest BCUT2D eigenvalue weighted by molar-refractivity contribution is 0.122. The summed E-state index contributed by atoms with van der Waals surface area (Å²) in [6.07, 6.45) is 7.16. The van der Waals surface area contributed by atoms with Gasteiger partial charge in [-0.15, -0.1) is 0 Å². The van der Waals surface area contributed by atoms with Crippen LogP contribution in [0.3, 0.4) is 0 Å². The first-order valence-corrected chi connectivity index (χ1v) is 8.19. The maximum Gasteiger partial charge on any atom is 0.225 e. The zero-order chi connectivity index (χ0) is 14.5. The summed E-state index contributed by atoms with van der Waals surface area (Å²) in [5.41, 5.74) is 1.09. The van der Waals surface area contributed by atoms with E-state index in [1.54, 1.807) is 0 Å². The van der Waals surface area contributed by atoms with Crippen LogP contribution < -0.4 is 10.2 Å². The molecule has 2 aliphatic rings. The fraction of sp³-hybridized carbons (Fsp3) is 0.750. The Labute approximate surface area is 127 Å². The predicted octanol–water partition coefficient (Wildman–Crippen LogP) is 1.98. The first-order chi connectivity index (χ1) is 10.3.